The van der Waals surface area contributed by atoms with Crippen molar-refractivity contribution in [2.24, 2.45) is 11.5 Å². The Morgan fingerprint density at radius 3 is 2.00 bits per heavy atom. The van der Waals surface area contributed by atoms with Crippen molar-refractivity contribution in [3.63, 3.8) is 0 Å². The normalized spacial score (nSPS) is 14.9. The molecule has 1 aliphatic rings. The lowest BCUT2D eigenvalue weighted by Gasteiger charge is -2.28. The smallest absolute Gasteiger partial charge is 0.309 e. The van der Waals surface area contributed by atoms with Crippen molar-refractivity contribution in [3.8, 4) is 0 Å². The summed E-state index contributed by atoms with van der Waals surface area (Å²) in [4.78, 5) is 11.5. The topological polar surface area (TPSA) is 72.3 Å². The van der Waals surface area contributed by atoms with Crippen LogP contribution in [0.4, 0.5) is 10.5 Å². The van der Waals surface area contributed by atoms with E-state index in [0.29, 0.717) is 0 Å². The van der Waals surface area contributed by atoms with Crippen LogP contribution in [0.3, 0.4) is 0 Å². The molecule has 0 spiro atoms. The number of nitrogens with two attached hydrogens (primary N) is 2. The summed E-state index contributed by atoms with van der Waals surface area (Å²) in [5, 5.41) is 0. The van der Waals surface area contributed by atoms with Gasteiger partial charge in [0.1, 0.15) is 0 Å². The van der Waals surface area contributed by atoms with Crippen molar-refractivity contribution in [1.82, 2.24) is 0 Å². The zero-order valence-electron chi connectivity index (χ0n) is 9.43. The zero-order chi connectivity index (χ0) is 11.8. The Morgan fingerprint density at radius 2 is 1.50 bits per heavy atom. The van der Waals surface area contributed by atoms with Crippen molar-refractivity contribution in [2.75, 3.05) is 18.0 Å². The van der Waals surface area contributed by atoms with Crippen LogP contribution < -0.4 is 16.4 Å². The number of anilines is 1. The number of primary amides is 2. The van der Waals surface area contributed by atoms with E-state index in [-0.39, 0.29) is 0 Å². The third-order valence-corrected chi connectivity index (χ3v) is 2.48. The highest BCUT2D eigenvalue weighted by Gasteiger charge is 2.09. The molecule has 1 aromatic rings. The molecule has 0 aliphatic carbocycles. The van der Waals surface area contributed by atoms with Gasteiger partial charge in [0, 0.05) is 18.8 Å². The number of para-hydroxylation sites is 1. The number of carbonyl (C=O) groups is 1. The van der Waals surface area contributed by atoms with Crippen molar-refractivity contribution < 1.29 is 4.79 Å². The van der Waals surface area contributed by atoms with Crippen molar-refractivity contribution in [3.05, 3.63) is 30.3 Å². The first-order chi connectivity index (χ1) is 7.70. The molecular formula is C12H19N3O. The predicted molar refractivity (Wildman–Crippen MR) is 66.3 cm³/mol. The summed E-state index contributed by atoms with van der Waals surface area (Å²) < 4.78 is 0. The Morgan fingerprint density at radius 1 is 1.00 bits per heavy atom. The molecule has 0 aromatic heterocycles. The maximum absolute atomic E-state index is 9.00. The fourth-order valence-electron chi connectivity index (χ4n) is 1.79. The molecule has 4 heteroatoms. The summed E-state index contributed by atoms with van der Waals surface area (Å²) in [5.41, 5.74) is 9.89. The molecule has 1 fully saturated rings. The van der Waals surface area contributed by atoms with Gasteiger partial charge in [-0.05, 0) is 31.4 Å². The first-order valence-corrected chi connectivity index (χ1v) is 5.55. The SMILES string of the molecule is NC(N)=O.c1ccc(N2CCCCC2)cc1. The first kappa shape index (κ1) is 12.4. The zero-order valence-corrected chi connectivity index (χ0v) is 9.43. The molecule has 0 bridgehead atoms. The number of carbonyl (C=O) groups excluding carboxylic acids is 1. The average molecular weight is 221 g/mol. The van der Waals surface area contributed by atoms with Gasteiger partial charge in [-0.1, -0.05) is 18.2 Å². The van der Waals surface area contributed by atoms with Gasteiger partial charge in [0.2, 0.25) is 0 Å². The van der Waals surface area contributed by atoms with Crippen LogP contribution >= 0.6 is 0 Å². The Hall–Kier alpha value is -1.71. The number of amides is 2. The minimum atomic E-state index is -0.833. The second-order valence-corrected chi connectivity index (χ2v) is 3.79. The van der Waals surface area contributed by atoms with Gasteiger partial charge in [0.15, 0.2) is 0 Å². The molecule has 16 heavy (non-hydrogen) atoms. The number of benzene rings is 1. The molecule has 4 nitrogen and oxygen atoms in total. The molecular weight excluding hydrogens is 202 g/mol. The summed E-state index contributed by atoms with van der Waals surface area (Å²) in [6.07, 6.45) is 4.12. The molecule has 88 valence electrons. The molecule has 0 atom stereocenters. The van der Waals surface area contributed by atoms with Crippen molar-refractivity contribution in [2.45, 2.75) is 19.3 Å². The Balaban J connectivity index is 0.000000280. The lowest BCUT2D eigenvalue weighted by Crippen LogP contribution is -2.29. The van der Waals surface area contributed by atoms with E-state index in [2.05, 4.69) is 46.7 Å². The summed E-state index contributed by atoms with van der Waals surface area (Å²) in [6.45, 7) is 2.48. The van der Waals surface area contributed by atoms with Crippen LogP contribution in [0.1, 0.15) is 19.3 Å². The Bertz CT molecular complexity index is 303. The Kier molecular flexibility index (Phi) is 5.19. The van der Waals surface area contributed by atoms with Crippen LogP contribution in [0.2, 0.25) is 0 Å². The van der Waals surface area contributed by atoms with Crippen LogP contribution in [0, 0.1) is 0 Å². The van der Waals surface area contributed by atoms with Crippen LogP contribution in [-0.2, 0) is 0 Å². The van der Waals surface area contributed by atoms with E-state index in [4.69, 9.17) is 4.79 Å². The van der Waals surface area contributed by atoms with Crippen LogP contribution in [0.15, 0.2) is 30.3 Å². The molecule has 1 aromatic carbocycles. The second kappa shape index (κ2) is 6.71. The van der Waals surface area contributed by atoms with E-state index >= 15 is 0 Å². The quantitative estimate of drug-likeness (QED) is 0.757. The molecule has 1 aliphatic heterocycles. The van der Waals surface area contributed by atoms with E-state index < -0.39 is 6.03 Å². The monoisotopic (exact) mass is 221 g/mol. The fraction of sp³-hybridized carbons (Fsp3) is 0.417. The standard InChI is InChI=1S/C11H15N.CH4N2O/c1-3-7-11(8-4-1)12-9-5-2-6-10-12;2-1(3)4/h1,3-4,7-8H,2,5-6,9-10H2;(H4,2,3,4). The third kappa shape index (κ3) is 4.68. The maximum atomic E-state index is 9.00. The van der Waals surface area contributed by atoms with Gasteiger partial charge in [-0.25, -0.2) is 4.79 Å². The molecule has 0 saturated carbocycles. The van der Waals surface area contributed by atoms with Gasteiger partial charge >= 0.3 is 6.03 Å². The number of rotatable bonds is 1. The number of hydrogen-bond donors (Lipinski definition) is 2. The van der Waals surface area contributed by atoms with Crippen molar-refractivity contribution in [1.29, 1.82) is 0 Å². The predicted octanol–water partition coefficient (Wildman–Crippen LogP) is 1.70. The molecule has 1 saturated heterocycles. The van der Waals surface area contributed by atoms with Crippen LogP contribution in [-0.4, -0.2) is 19.1 Å². The van der Waals surface area contributed by atoms with E-state index in [0.717, 1.165) is 0 Å². The first-order valence-electron chi connectivity index (χ1n) is 5.55. The summed E-state index contributed by atoms with van der Waals surface area (Å²) >= 11 is 0. The molecule has 1 heterocycles. The minimum Gasteiger partial charge on any atom is -0.372 e. The third-order valence-electron chi connectivity index (χ3n) is 2.48. The summed E-state index contributed by atoms with van der Waals surface area (Å²) in [5.74, 6) is 0. The summed E-state index contributed by atoms with van der Waals surface area (Å²) in [7, 11) is 0. The van der Waals surface area contributed by atoms with E-state index in [1.54, 1.807) is 0 Å². The molecule has 4 N–H and O–H groups in total. The largest absolute Gasteiger partial charge is 0.372 e. The Labute approximate surface area is 96.2 Å². The molecule has 0 radical (unpaired) electrons. The molecule has 0 unspecified atom stereocenters. The van der Waals surface area contributed by atoms with Gasteiger partial charge in [-0.15, -0.1) is 0 Å². The maximum Gasteiger partial charge on any atom is 0.309 e. The van der Waals surface area contributed by atoms with Crippen molar-refractivity contribution >= 4 is 11.7 Å². The lowest BCUT2D eigenvalue weighted by atomic mass is 10.1. The van der Waals surface area contributed by atoms with E-state index in [1.165, 1.54) is 38.0 Å². The van der Waals surface area contributed by atoms with Gasteiger partial charge in [-0.3, -0.25) is 0 Å². The highest BCUT2D eigenvalue weighted by molar-refractivity contribution is 5.69. The average Bonchev–Trinajstić information content (AvgIpc) is 2.31. The highest BCUT2D eigenvalue weighted by atomic mass is 16.2. The van der Waals surface area contributed by atoms with Crippen LogP contribution in [0.25, 0.3) is 0 Å². The summed E-state index contributed by atoms with van der Waals surface area (Å²) in [6, 6.07) is 9.87. The number of piperidine rings is 1. The van der Waals surface area contributed by atoms with Gasteiger partial charge in [0.25, 0.3) is 0 Å². The fourth-order valence-corrected chi connectivity index (χ4v) is 1.79. The second-order valence-electron chi connectivity index (χ2n) is 3.79. The van der Waals surface area contributed by atoms with Crippen LogP contribution in [0.5, 0.6) is 0 Å². The lowest BCUT2D eigenvalue weighted by molar-refractivity contribution is 0.256. The van der Waals surface area contributed by atoms with Gasteiger partial charge < -0.3 is 16.4 Å². The highest BCUT2D eigenvalue weighted by Crippen LogP contribution is 2.18. The van der Waals surface area contributed by atoms with Gasteiger partial charge in [0.05, 0.1) is 0 Å². The molecule has 2 amide bonds. The van der Waals surface area contributed by atoms with E-state index in [9.17, 15) is 0 Å². The number of hydrogen-bond acceptors (Lipinski definition) is 2. The number of urea groups is 1. The van der Waals surface area contributed by atoms with E-state index in [1.807, 2.05) is 0 Å². The molecule has 2 rings (SSSR count). The minimum absolute atomic E-state index is 0.833. The van der Waals surface area contributed by atoms with Gasteiger partial charge in [-0.2, -0.15) is 0 Å². The number of nitrogens with zero attached hydrogens (tertiary/aromatic N) is 1.